The van der Waals surface area contributed by atoms with Crippen molar-refractivity contribution in [3.05, 3.63) is 141 Å². The Hall–Kier alpha value is -5.93. The Labute approximate surface area is 312 Å². The second-order valence-corrected chi connectivity index (χ2v) is 13.1. The topological polar surface area (TPSA) is 147 Å². The Kier molecular flexibility index (Phi) is 12.7. The van der Waals surface area contributed by atoms with Crippen molar-refractivity contribution in [2.24, 2.45) is 5.92 Å². The number of Topliss-reactive ketones (excluding diaryl/α,β-unsaturated/α-hetero) is 2. The third-order valence-electron chi connectivity index (χ3n) is 9.29. The van der Waals surface area contributed by atoms with Gasteiger partial charge in [-0.2, -0.15) is 0 Å². The van der Waals surface area contributed by atoms with Gasteiger partial charge in [-0.15, -0.1) is 0 Å². The second-order valence-electron chi connectivity index (χ2n) is 12.7. The number of carbonyl (C=O) groups excluding carboxylic acids is 4. The minimum atomic E-state index is -0.435. The van der Waals surface area contributed by atoms with Gasteiger partial charge in [0.05, 0.1) is 20.6 Å². The standard InChI is InChI=1S/C22H19ClO3.C21H20O6/c23-16-11-9-14(10-12-16)13-5-7-15(8-6-13)19-20(24)17-3-1-2-4-18(17)21(25)22(19)26;1-26-20-11-14(5-9-18(20)24)3-7-16(22)13-17(23)8-4-15-6-10-19(25)21(12-15)27-2/h1-4,9-13,15,26H,5-8H2;3-12,24-25H,13H2,1-2H3/b;7-3+,8-4+/t13-,15-;. The minimum Gasteiger partial charge on any atom is -0.504 e. The predicted octanol–water partition coefficient (Wildman–Crippen LogP) is 8.88. The number of ether oxygens (including phenoxy) is 2. The molecule has 53 heavy (non-hydrogen) atoms. The minimum absolute atomic E-state index is 0.00662. The maximum absolute atomic E-state index is 12.9. The molecule has 272 valence electrons. The number of halogens is 1. The number of fused-ring (bicyclic) bond motifs is 1. The van der Waals surface area contributed by atoms with Gasteiger partial charge in [0, 0.05) is 21.7 Å². The molecule has 1 saturated carbocycles. The van der Waals surface area contributed by atoms with Crippen molar-refractivity contribution in [3.63, 3.8) is 0 Å². The highest BCUT2D eigenvalue weighted by Crippen LogP contribution is 2.42. The van der Waals surface area contributed by atoms with Crippen molar-refractivity contribution in [1.82, 2.24) is 0 Å². The smallest absolute Gasteiger partial charge is 0.228 e. The van der Waals surface area contributed by atoms with Crippen LogP contribution in [0.25, 0.3) is 12.2 Å². The number of aliphatic hydroxyl groups excluding tert-OH is 1. The highest BCUT2D eigenvalue weighted by atomic mass is 35.5. The molecular weight excluding hydrogens is 696 g/mol. The molecule has 2 aliphatic carbocycles. The van der Waals surface area contributed by atoms with Gasteiger partial charge >= 0.3 is 0 Å². The average molecular weight is 735 g/mol. The number of methoxy groups -OCH3 is 2. The summed E-state index contributed by atoms with van der Waals surface area (Å²) in [7, 11) is 2.87. The van der Waals surface area contributed by atoms with Crippen LogP contribution in [-0.4, -0.2) is 52.7 Å². The van der Waals surface area contributed by atoms with Gasteiger partial charge in [0.25, 0.3) is 0 Å². The predicted molar refractivity (Wildman–Crippen MR) is 203 cm³/mol. The summed E-state index contributed by atoms with van der Waals surface area (Å²) in [4.78, 5) is 49.2. The van der Waals surface area contributed by atoms with Crippen LogP contribution in [0.4, 0.5) is 0 Å². The number of aliphatic hydroxyl groups is 1. The molecule has 4 aromatic rings. The van der Waals surface area contributed by atoms with E-state index in [2.05, 4.69) is 12.1 Å². The normalized spacial score (nSPS) is 17.0. The highest BCUT2D eigenvalue weighted by molar-refractivity contribution is 6.30. The molecule has 1 fully saturated rings. The number of ketones is 4. The van der Waals surface area contributed by atoms with Crippen molar-refractivity contribution in [1.29, 1.82) is 0 Å². The molecule has 0 saturated heterocycles. The van der Waals surface area contributed by atoms with Crippen molar-refractivity contribution >= 4 is 46.9 Å². The fraction of sp³-hybridized carbons (Fsp3) is 0.209. The van der Waals surface area contributed by atoms with Gasteiger partial charge in [-0.05, 0) is 103 Å². The summed E-state index contributed by atoms with van der Waals surface area (Å²) >= 11 is 5.96. The van der Waals surface area contributed by atoms with Crippen molar-refractivity contribution in [3.8, 4) is 23.0 Å². The van der Waals surface area contributed by atoms with Crippen LogP contribution in [-0.2, 0) is 9.59 Å². The Morgan fingerprint density at radius 1 is 0.679 bits per heavy atom. The van der Waals surface area contributed by atoms with Crippen LogP contribution in [0.3, 0.4) is 0 Å². The van der Waals surface area contributed by atoms with Gasteiger partial charge in [0.2, 0.25) is 5.78 Å². The van der Waals surface area contributed by atoms with Crippen molar-refractivity contribution in [2.45, 2.75) is 38.0 Å². The summed E-state index contributed by atoms with van der Waals surface area (Å²) in [5.74, 6) is -0.720. The molecule has 0 amide bonds. The summed E-state index contributed by atoms with van der Waals surface area (Å²) in [5.41, 5.74) is 3.60. The third kappa shape index (κ3) is 9.50. The Bertz CT molecular complexity index is 2030. The third-order valence-corrected chi connectivity index (χ3v) is 9.54. The van der Waals surface area contributed by atoms with Crippen molar-refractivity contribution in [2.75, 3.05) is 14.2 Å². The molecule has 0 unspecified atom stereocenters. The number of hydrogen-bond acceptors (Lipinski definition) is 9. The first-order valence-corrected chi connectivity index (χ1v) is 17.4. The lowest BCUT2D eigenvalue weighted by Gasteiger charge is -2.31. The molecular formula is C43H39ClO9. The molecule has 0 aromatic heterocycles. The number of hydrogen-bond donors (Lipinski definition) is 3. The molecule has 3 N–H and O–H groups in total. The number of aromatic hydroxyl groups is 2. The maximum Gasteiger partial charge on any atom is 0.228 e. The Morgan fingerprint density at radius 3 is 1.64 bits per heavy atom. The van der Waals surface area contributed by atoms with Gasteiger partial charge in [-0.25, -0.2) is 0 Å². The van der Waals surface area contributed by atoms with Gasteiger partial charge in [0.15, 0.2) is 46.1 Å². The van der Waals surface area contributed by atoms with E-state index < -0.39 is 5.78 Å². The fourth-order valence-electron chi connectivity index (χ4n) is 6.47. The van der Waals surface area contributed by atoms with Crippen LogP contribution in [0.1, 0.15) is 75.4 Å². The van der Waals surface area contributed by atoms with Crippen LogP contribution < -0.4 is 9.47 Å². The maximum atomic E-state index is 12.9. The van der Waals surface area contributed by atoms with Gasteiger partial charge in [0.1, 0.15) is 0 Å². The van der Waals surface area contributed by atoms with E-state index in [1.54, 1.807) is 60.7 Å². The fourth-order valence-corrected chi connectivity index (χ4v) is 6.60. The van der Waals surface area contributed by atoms with Gasteiger partial charge in [-0.1, -0.05) is 72.3 Å². The highest BCUT2D eigenvalue weighted by Gasteiger charge is 2.37. The molecule has 0 heterocycles. The van der Waals surface area contributed by atoms with E-state index in [9.17, 15) is 34.5 Å². The first-order chi connectivity index (χ1) is 25.5. The molecule has 0 radical (unpaired) electrons. The van der Waals surface area contributed by atoms with Crippen LogP contribution in [0, 0.1) is 5.92 Å². The molecule has 10 heteroatoms. The molecule has 9 nitrogen and oxygen atoms in total. The Balaban J connectivity index is 0.000000204. The first-order valence-electron chi connectivity index (χ1n) is 17.0. The van der Waals surface area contributed by atoms with E-state index >= 15 is 0 Å². The SMILES string of the molecule is COc1cc(/C=C/C(=O)CC(=O)/C=C/c2ccc(O)c(OC)c2)ccc1O.O=C1C(O)=C([C@H]2CC[C@H](c3ccc(Cl)cc3)CC2)C(=O)c2ccccc21. The van der Waals surface area contributed by atoms with Gasteiger partial charge in [-0.3, -0.25) is 19.2 Å². The summed E-state index contributed by atoms with van der Waals surface area (Å²) in [6, 6.07) is 24.0. The molecule has 4 aromatic carbocycles. The second kappa shape index (κ2) is 17.5. The van der Waals surface area contributed by atoms with E-state index in [-0.39, 0.29) is 46.9 Å². The summed E-state index contributed by atoms with van der Waals surface area (Å²) in [6.07, 6.45) is 8.86. The number of rotatable bonds is 10. The average Bonchev–Trinajstić information content (AvgIpc) is 3.17. The lowest BCUT2D eigenvalue weighted by Crippen LogP contribution is -2.28. The largest absolute Gasteiger partial charge is 0.504 e. The zero-order valence-corrected chi connectivity index (χ0v) is 30.0. The van der Waals surface area contributed by atoms with E-state index in [1.165, 1.54) is 44.1 Å². The number of allylic oxidation sites excluding steroid dienone is 4. The van der Waals surface area contributed by atoms with E-state index in [4.69, 9.17) is 21.1 Å². The number of phenols is 2. The summed E-state index contributed by atoms with van der Waals surface area (Å²) in [6.45, 7) is 0. The molecule has 0 atom stereocenters. The summed E-state index contributed by atoms with van der Waals surface area (Å²) < 4.78 is 10.00. The van der Waals surface area contributed by atoms with Crippen LogP contribution in [0.15, 0.2) is 108 Å². The monoisotopic (exact) mass is 734 g/mol. The molecule has 2 aliphatic rings. The number of phenolic OH excluding ortho intramolecular Hbond substituents is 2. The zero-order chi connectivity index (χ0) is 38.1. The van der Waals surface area contributed by atoms with Crippen LogP contribution >= 0.6 is 11.6 Å². The van der Waals surface area contributed by atoms with Crippen LogP contribution in [0.5, 0.6) is 23.0 Å². The van der Waals surface area contributed by atoms with Crippen LogP contribution in [0.2, 0.25) is 5.02 Å². The molecule has 6 rings (SSSR count). The van der Waals surface area contributed by atoms with E-state index in [0.29, 0.717) is 45.2 Å². The lowest BCUT2D eigenvalue weighted by molar-refractivity contribution is -0.121. The van der Waals surface area contributed by atoms with E-state index in [0.717, 1.165) is 30.7 Å². The summed E-state index contributed by atoms with van der Waals surface area (Å²) in [5, 5.41) is 30.2. The quantitative estimate of drug-likeness (QED) is 0.107. The van der Waals surface area contributed by atoms with Gasteiger partial charge < -0.3 is 24.8 Å². The lowest BCUT2D eigenvalue weighted by atomic mass is 9.72. The number of carbonyl (C=O) groups is 4. The zero-order valence-electron chi connectivity index (χ0n) is 29.3. The Morgan fingerprint density at radius 2 is 1.15 bits per heavy atom. The number of benzene rings is 4. The molecule has 0 aliphatic heterocycles. The van der Waals surface area contributed by atoms with E-state index in [1.807, 2.05) is 12.1 Å². The first kappa shape index (κ1) is 38.3. The molecule has 0 bridgehead atoms. The van der Waals surface area contributed by atoms with Crippen molar-refractivity contribution < 1.29 is 44.0 Å². The molecule has 0 spiro atoms.